The maximum atomic E-state index is 12.4. The summed E-state index contributed by atoms with van der Waals surface area (Å²) >= 11 is 12.6. The number of nitrogens with zero attached hydrogens (tertiary/aromatic N) is 2. The van der Waals surface area contributed by atoms with Crippen LogP contribution in [-0.4, -0.2) is 26.6 Å². The highest BCUT2D eigenvalue weighted by molar-refractivity contribution is 8.26. The summed E-state index contributed by atoms with van der Waals surface area (Å²) in [5, 5.41) is 11.0. The molecule has 0 saturated carbocycles. The van der Waals surface area contributed by atoms with Gasteiger partial charge in [0.15, 0.2) is 0 Å². The molecule has 1 aliphatic rings. The van der Waals surface area contributed by atoms with Crippen molar-refractivity contribution in [2.75, 3.05) is 6.54 Å². The van der Waals surface area contributed by atoms with E-state index in [0.29, 0.717) is 32.9 Å². The number of nitro groups is 1. The molecule has 1 fully saturated rings. The van der Waals surface area contributed by atoms with E-state index in [2.05, 4.69) is 0 Å². The van der Waals surface area contributed by atoms with Crippen molar-refractivity contribution >= 4 is 57.6 Å². The minimum absolute atomic E-state index is 0.0925. The molecule has 0 spiro atoms. The van der Waals surface area contributed by atoms with Crippen LogP contribution in [-0.2, 0) is 4.79 Å². The molecule has 6 nitrogen and oxygen atoms in total. The van der Waals surface area contributed by atoms with Gasteiger partial charge in [-0.15, -0.1) is 0 Å². The van der Waals surface area contributed by atoms with Crippen molar-refractivity contribution in [3.05, 3.63) is 56.1 Å². The van der Waals surface area contributed by atoms with Crippen LogP contribution in [0.2, 0.25) is 5.02 Å². The Morgan fingerprint density at radius 2 is 2.15 bits per heavy atom. The van der Waals surface area contributed by atoms with E-state index in [1.54, 1.807) is 23.1 Å². The monoisotopic (exact) mass is 408 g/mol. The fourth-order valence-electron chi connectivity index (χ4n) is 2.44. The number of halogens is 1. The van der Waals surface area contributed by atoms with Gasteiger partial charge in [-0.1, -0.05) is 42.5 Å². The molecule has 3 rings (SSSR count). The molecule has 2 aromatic rings. The zero-order chi connectivity index (χ0) is 18.8. The SMILES string of the molecule is CCCN1C(=O)/C(=C\c2ccc(-c3ccc([N+](=O)[O-])cc3Cl)o2)SC1=S. The summed E-state index contributed by atoms with van der Waals surface area (Å²) in [7, 11) is 0. The summed E-state index contributed by atoms with van der Waals surface area (Å²) in [6.07, 6.45) is 2.46. The van der Waals surface area contributed by atoms with Gasteiger partial charge in [0, 0.05) is 30.3 Å². The van der Waals surface area contributed by atoms with Gasteiger partial charge in [-0.2, -0.15) is 0 Å². The highest BCUT2D eigenvalue weighted by atomic mass is 35.5. The van der Waals surface area contributed by atoms with Gasteiger partial charge in [0.2, 0.25) is 0 Å². The number of rotatable bonds is 5. The molecule has 0 unspecified atom stereocenters. The number of amides is 1. The number of hydrogen-bond donors (Lipinski definition) is 0. The third kappa shape index (κ3) is 3.67. The van der Waals surface area contributed by atoms with E-state index in [1.807, 2.05) is 6.92 Å². The van der Waals surface area contributed by atoms with Gasteiger partial charge < -0.3 is 4.42 Å². The van der Waals surface area contributed by atoms with Crippen molar-refractivity contribution in [3.8, 4) is 11.3 Å². The van der Waals surface area contributed by atoms with Crippen molar-refractivity contribution in [1.29, 1.82) is 0 Å². The first-order valence-electron chi connectivity index (χ1n) is 7.70. The summed E-state index contributed by atoms with van der Waals surface area (Å²) in [4.78, 5) is 24.7. The van der Waals surface area contributed by atoms with Crippen molar-refractivity contribution in [1.82, 2.24) is 4.90 Å². The molecule has 1 aromatic carbocycles. The topological polar surface area (TPSA) is 76.6 Å². The molecule has 9 heteroatoms. The number of thioether (sulfide) groups is 1. The fourth-order valence-corrected chi connectivity index (χ4v) is 3.99. The Balaban J connectivity index is 1.86. The Morgan fingerprint density at radius 3 is 2.81 bits per heavy atom. The van der Waals surface area contributed by atoms with E-state index in [0.717, 1.165) is 6.42 Å². The van der Waals surface area contributed by atoms with E-state index in [4.69, 9.17) is 28.2 Å². The Labute approximate surface area is 164 Å². The molecule has 1 aliphatic heterocycles. The predicted octanol–water partition coefficient (Wildman–Crippen LogP) is 5.12. The molecule has 0 radical (unpaired) electrons. The Morgan fingerprint density at radius 1 is 1.38 bits per heavy atom. The molecule has 1 aromatic heterocycles. The highest BCUT2D eigenvalue weighted by Crippen LogP contribution is 2.35. The summed E-state index contributed by atoms with van der Waals surface area (Å²) < 4.78 is 6.27. The number of nitro benzene ring substituents is 1. The van der Waals surface area contributed by atoms with Crippen LogP contribution in [0.1, 0.15) is 19.1 Å². The third-order valence-electron chi connectivity index (χ3n) is 3.65. The van der Waals surface area contributed by atoms with Crippen molar-refractivity contribution in [2.45, 2.75) is 13.3 Å². The Kier molecular flexibility index (Phi) is 5.45. The molecule has 1 saturated heterocycles. The lowest BCUT2D eigenvalue weighted by molar-refractivity contribution is -0.384. The minimum atomic E-state index is -0.512. The molecular weight excluding hydrogens is 396 g/mol. The maximum absolute atomic E-state index is 12.4. The Hall–Kier alpha value is -2.16. The molecule has 0 atom stereocenters. The lowest BCUT2D eigenvalue weighted by Crippen LogP contribution is -2.28. The molecule has 0 N–H and O–H groups in total. The highest BCUT2D eigenvalue weighted by Gasteiger charge is 2.31. The van der Waals surface area contributed by atoms with Gasteiger partial charge in [0.05, 0.1) is 14.9 Å². The zero-order valence-corrected chi connectivity index (χ0v) is 16.0. The molecule has 0 aliphatic carbocycles. The fraction of sp³-hybridized carbons (Fsp3) is 0.176. The van der Waals surface area contributed by atoms with E-state index in [9.17, 15) is 14.9 Å². The maximum Gasteiger partial charge on any atom is 0.270 e. The second kappa shape index (κ2) is 7.61. The van der Waals surface area contributed by atoms with E-state index in [-0.39, 0.29) is 16.6 Å². The second-order valence-electron chi connectivity index (χ2n) is 5.46. The first-order chi connectivity index (χ1) is 12.4. The largest absolute Gasteiger partial charge is 0.457 e. The molecule has 2 heterocycles. The molecule has 1 amide bonds. The van der Waals surface area contributed by atoms with Gasteiger partial charge in [-0.25, -0.2) is 0 Å². The summed E-state index contributed by atoms with van der Waals surface area (Å²) in [5.74, 6) is 0.805. The second-order valence-corrected chi connectivity index (χ2v) is 7.54. The van der Waals surface area contributed by atoms with Crippen LogP contribution < -0.4 is 0 Å². The van der Waals surface area contributed by atoms with Gasteiger partial charge in [0.25, 0.3) is 11.6 Å². The normalized spacial score (nSPS) is 15.9. The minimum Gasteiger partial charge on any atom is -0.457 e. The number of carbonyl (C=O) groups excluding carboxylic acids is 1. The van der Waals surface area contributed by atoms with Crippen LogP contribution in [0.5, 0.6) is 0 Å². The lowest BCUT2D eigenvalue weighted by Gasteiger charge is -2.11. The zero-order valence-electron chi connectivity index (χ0n) is 13.6. The van der Waals surface area contributed by atoms with Crippen LogP contribution in [0.15, 0.2) is 39.7 Å². The van der Waals surface area contributed by atoms with Crippen molar-refractivity contribution in [2.24, 2.45) is 0 Å². The standard InChI is InChI=1S/C17H13ClN2O4S2/c1-2-7-19-16(21)15(26-17(19)25)9-11-4-6-14(24-11)12-5-3-10(20(22)23)8-13(12)18/h3-6,8-9H,2,7H2,1H3/b15-9+. The predicted molar refractivity (Wildman–Crippen MR) is 106 cm³/mol. The quantitative estimate of drug-likeness (QED) is 0.296. The summed E-state index contributed by atoms with van der Waals surface area (Å²) in [6, 6.07) is 7.57. The van der Waals surface area contributed by atoms with Crippen molar-refractivity contribution < 1.29 is 14.1 Å². The van der Waals surface area contributed by atoms with Gasteiger partial charge in [-0.05, 0) is 24.6 Å². The number of hydrogen-bond acceptors (Lipinski definition) is 6. The molecule has 134 valence electrons. The lowest BCUT2D eigenvalue weighted by atomic mass is 10.1. The van der Waals surface area contributed by atoms with E-state index < -0.39 is 4.92 Å². The number of carbonyl (C=O) groups is 1. The van der Waals surface area contributed by atoms with Crippen LogP contribution in [0.4, 0.5) is 5.69 Å². The van der Waals surface area contributed by atoms with Gasteiger partial charge in [-0.3, -0.25) is 19.8 Å². The average molecular weight is 409 g/mol. The molecule has 0 bridgehead atoms. The molecular formula is C17H13ClN2O4S2. The van der Waals surface area contributed by atoms with Gasteiger partial charge >= 0.3 is 0 Å². The summed E-state index contributed by atoms with van der Waals surface area (Å²) in [6.45, 7) is 2.57. The number of benzene rings is 1. The van der Waals surface area contributed by atoms with Crippen molar-refractivity contribution in [3.63, 3.8) is 0 Å². The van der Waals surface area contributed by atoms with Crippen LogP contribution >= 0.6 is 35.6 Å². The number of non-ortho nitro benzene ring substituents is 1. The van der Waals surface area contributed by atoms with E-state index >= 15 is 0 Å². The first-order valence-corrected chi connectivity index (χ1v) is 9.30. The van der Waals surface area contributed by atoms with Crippen LogP contribution in [0, 0.1) is 10.1 Å². The first kappa shape index (κ1) is 18.6. The molecule has 26 heavy (non-hydrogen) atoms. The van der Waals surface area contributed by atoms with Crippen LogP contribution in [0.25, 0.3) is 17.4 Å². The smallest absolute Gasteiger partial charge is 0.270 e. The van der Waals surface area contributed by atoms with E-state index in [1.165, 1.54) is 30.0 Å². The number of furan rings is 1. The Bertz CT molecular complexity index is 939. The average Bonchev–Trinajstić information content (AvgIpc) is 3.15. The third-order valence-corrected chi connectivity index (χ3v) is 5.34. The van der Waals surface area contributed by atoms with Crippen LogP contribution in [0.3, 0.4) is 0 Å². The summed E-state index contributed by atoms with van der Waals surface area (Å²) in [5.41, 5.74) is 0.445. The van der Waals surface area contributed by atoms with Gasteiger partial charge in [0.1, 0.15) is 15.8 Å². The number of thiocarbonyl (C=S) groups is 1.